The molecule has 0 aliphatic carbocycles. The standard InChI is InChI=1S/3C8F17.C2H.Sn/c3*9-1(10)2(11,12)3(13,14)4(15,16)5(17,18)6(19,20)7(21,22)8(23,24)25;1-2;/h;;;1H;. The van der Waals surface area contributed by atoms with E-state index >= 15 is 52.7 Å². The number of terminal acetylenes is 1. The summed E-state index contributed by atoms with van der Waals surface area (Å²) in [5.74, 6) is -191. The van der Waals surface area contributed by atoms with Crippen molar-refractivity contribution in [2.24, 2.45) is 0 Å². The number of halogens is 51. The van der Waals surface area contributed by atoms with Gasteiger partial charge in [0.1, 0.15) is 0 Å². The van der Waals surface area contributed by atoms with Crippen molar-refractivity contribution >= 4 is 18.4 Å². The monoisotopic (exact) mass is 1400 g/mol. The summed E-state index contributed by atoms with van der Waals surface area (Å²) in [4.78, 5) is 0. The predicted molar refractivity (Wildman–Crippen MR) is 137 cm³/mol. The molecule has 0 bridgehead atoms. The zero-order chi connectivity index (χ0) is 65.2. The fraction of sp³-hybridized carbons (Fsp3) is 0.923. The maximum atomic E-state index is 15.6. The number of hydrogen-bond acceptors (Lipinski definition) is 0. The first kappa shape index (κ1) is 74.8. The van der Waals surface area contributed by atoms with Crippen LogP contribution in [0.25, 0.3) is 0 Å². The van der Waals surface area contributed by atoms with E-state index in [0.717, 1.165) is 0 Å². The molecule has 52 heteroatoms. The Kier molecular flexibility index (Phi) is 17.2. The molecule has 0 unspecified atom stereocenters. The van der Waals surface area contributed by atoms with Crippen molar-refractivity contribution in [2.75, 3.05) is 0 Å². The molecule has 0 fully saturated rings. The Morgan fingerprint density at radius 3 is 0.333 bits per heavy atom. The first-order valence-electron chi connectivity index (χ1n) is 16.2. The topological polar surface area (TPSA) is 0 Å². The Hall–Kier alpha value is -3.21. The van der Waals surface area contributed by atoms with Gasteiger partial charge in [0.2, 0.25) is 0 Å². The van der Waals surface area contributed by atoms with E-state index in [-0.39, 0.29) is 0 Å². The Morgan fingerprint density at radius 2 is 0.244 bits per heavy atom. The van der Waals surface area contributed by atoms with Crippen LogP contribution in [0.1, 0.15) is 0 Å². The molecule has 0 saturated heterocycles. The molecule has 0 amide bonds. The third kappa shape index (κ3) is 8.06. The van der Waals surface area contributed by atoms with Gasteiger partial charge in [0.15, 0.2) is 0 Å². The van der Waals surface area contributed by atoms with E-state index in [2.05, 4.69) is 6.42 Å². The molecule has 0 rings (SSSR count). The second kappa shape index (κ2) is 17.9. The van der Waals surface area contributed by atoms with E-state index in [1.165, 1.54) is 0 Å². The summed E-state index contributed by atoms with van der Waals surface area (Å²) < 4.78 is 675. The van der Waals surface area contributed by atoms with E-state index in [0.29, 0.717) is 0 Å². The van der Waals surface area contributed by atoms with E-state index < -0.39 is 159 Å². The quantitative estimate of drug-likeness (QED) is 0.0610. The molecule has 0 aromatic rings. The van der Waals surface area contributed by atoms with Crippen LogP contribution in [0.5, 0.6) is 0 Å². The van der Waals surface area contributed by atoms with E-state index in [1.54, 1.807) is 0 Å². The molecule has 0 saturated carbocycles. The van der Waals surface area contributed by atoms with Crippen LogP contribution in [0.4, 0.5) is 224 Å². The summed E-state index contributed by atoms with van der Waals surface area (Å²) in [6.07, 6.45) is -23.8. The summed E-state index contributed by atoms with van der Waals surface area (Å²) in [5.41, 5.74) is 0. The first-order valence-corrected chi connectivity index (χ1v) is 21.9. The van der Waals surface area contributed by atoms with Crippen LogP contribution in [-0.4, -0.2) is 155 Å². The van der Waals surface area contributed by atoms with Crippen molar-refractivity contribution < 1.29 is 224 Å². The van der Waals surface area contributed by atoms with Crippen molar-refractivity contribution in [1.82, 2.24) is 0 Å². The van der Waals surface area contributed by atoms with Gasteiger partial charge in [-0.25, -0.2) is 0 Å². The van der Waals surface area contributed by atoms with Gasteiger partial charge in [-0.2, -0.15) is 0 Å². The number of alkyl halides is 51. The summed E-state index contributed by atoms with van der Waals surface area (Å²) in [6, 6.07) is 0. The van der Waals surface area contributed by atoms with Crippen molar-refractivity contribution in [1.29, 1.82) is 0 Å². The molecule has 0 atom stereocenters. The molecule has 0 spiro atoms. The average molecular weight is 1400 g/mol. The fourth-order valence-electron chi connectivity index (χ4n) is 5.06. The summed E-state index contributed by atoms with van der Waals surface area (Å²) in [7, 11) is 0. The third-order valence-electron chi connectivity index (χ3n) is 9.80. The van der Waals surface area contributed by atoms with Gasteiger partial charge in [-0.3, -0.25) is 0 Å². The van der Waals surface area contributed by atoms with Crippen molar-refractivity contribution in [3.05, 3.63) is 0 Å². The Bertz CT molecular complexity index is 1990. The van der Waals surface area contributed by atoms with Crippen LogP contribution in [0.15, 0.2) is 0 Å². The molecular weight excluding hydrogens is 1400 g/mol. The van der Waals surface area contributed by atoms with Crippen molar-refractivity contribution in [3.8, 4) is 10.4 Å². The minimum absolute atomic E-state index is 2.86. The zero-order valence-electron chi connectivity index (χ0n) is 32.9. The third-order valence-corrected chi connectivity index (χ3v) is 21.8. The van der Waals surface area contributed by atoms with Gasteiger partial charge in [0.05, 0.1) is 0 Å². The Morgan fingerprint density at radius 1 is 0.154 bits per heavy atom. The van der Waals surface area contributed by atoms with E-state index in [4.69, 9.17) is 0 Å². The second-order valence-electron chi connectivity index (χ2n) is 14.4. The van der Waals surface area contributed by atoms with Gasteiger partial charge in [0.25, 0.3) is 0 Å². The molecule has 466 valence electrons. The van der Waals surface area contributed by atoms with Crippen LogP contribution >= 0.6 is 0 Å². The molecule has 0 nitrogen and oxygen atoms in total. The van der Waals surface area contributed by atoms with Gasteiger partial charge >= 0.3 is 390 Å². The number of rotatable bonds is 21. The molecule has 0 aromatic carbocycles. The summed E-state index contributed by atoms with van der Waals surface area (Å²) >= 11 is -15.8. The molecule has 0 radical (unpaired) electrons. The molecule has 0 heterocycles. The van der Waals surface area contributed by atoms with Crippen molar-refractivity contribution in [2.45, 2.75) is 137 Å². The Labute approximate surface area is 390 Å². The summed E-state index contributed by atoms with van der Waals surface area (Å²) in [5, 5.41) is 0. The maximum absolute atomic E-state index is 15.8. The normalized spacial score (nSPS) is 17.4. The fourth-order valence-corrected chi connectivity index (χ4v) is 15.4. The average Bonchev–Trinajstić information content (AvgIpc) is 3.18. The summed E-state index contributed by atoms with van der Waals surface area (Å²) in [6.45, 7) is 0. The second-order valence-corrected chi connectivity index (χ2v) is 24.9. The molecule has 0 aromatic heterocycles. The zero-order valence-corrected chi connectivity index (χ0v) is 35.7. The van der Waals surface area contributed by atoms with Crippen LogP contribution in [0, 0.1) is 10.4 Å². The first-order chi connectivity index (χ1) is 32.6. The van der Waals surface area contributed by atoms with E-state index in [1.807, 2.05) is 0 Å². The van der Waals surface area contributed by atoms with E-state index in [9.17, 15) is 171 Å². The van der Waals surface area contributed by atoms with Gasteiger partial charge in [0, 0.05) is 0 Å². The molecule has 78 heavy (non-hydrogen) atoms. The van der Waals surface area contributed by atoms with Crippen LogP contribution in [0.3, 0.4) is 0 Å². The van der Waals surface area contributed by atoms with Crippen LogP contribution in [-0.2, 0) is 0 Å². The van der Waals surface area contributed by atoms with Crippen LogP contribution in [0.2, 0.25) is 0 Å². The predicted octanol–water partition coefficient (Wildman–Crippen LogP) is 16.3. The van der Waals surface area contributed by atoms with Gasteiger partial charge in [-0.15, -0.1) is 0 Å². The molecule has 0 aliphatic rings. The number of hydrogen-bond donors (Lipinski definition) is 0. The van der Waals surface area contributed by atoms with Crippen molar-refractivity contribution in [3.63, 3.8) is 0 Å². The Balaban J connectivity index is 10.1. The SMILES string of the molecule is C#[C][Sn]([C](F)(F)C(F)(F)C(F)(F)C(F)(F)C(F)(F)C(F)(F)C(F)(F)C(F)(F)F)([C](F)(F)C(F)(F)C(F)(F)C(F)(F)C(F)(F)C(F)(F)C(F)(F)C(F)(F)F)[C](F)(F)C(F)(F)C(F)(F)C(F)(F)C(F)(F)C(F)(F)C(F)(F)C(F)(F)F. The minimum atomic E-state index is -15.8. The van der Waals surface area contributed by atoms with Crippen LogP contribution < -0.4 is 0 Å². The molecular formula is C26HF51Sn. The van der Waals surface area contributed by atoms with Gasteiger partial charge in [-0.1, -0.05) is 0 Å². The van der Waals surface area contributed by atoms with Gasteiger partial charge in [-0.05, 0) is 0 Å². The molecule has 0 N–H and O–H groups in total. The van der Waals surface area contributed by atoms with Gasteiger partial charge < -0.3 is 0 Å². The molecule has 0 aliphatic heterocycles.